The van der Waals surface area contributed by atoms with Crippen LogP contribution in [0.4, 0.5) is 0 Å². The third-order valence-corrected chi connectivity index (χ3v) is 1.62. The van der Waals surface area contributed by atoms with Crippen LogP contribution < -0.4 is 0 Å². The molecule has 0 aromatic rings. The molecule has 0 N–H and O–H groups in total. The van der Waals surface area contributed by atoms with Gasteiger partial charge in [0.25, 0.3) is 0 Å². The van der Waals surface area contributed by atoms with E-state index in [1.807, 2.05) is 31.2 Å². The second kappa shape index (κ2) is 1.26. The van der Waals surface area contributed by atoms with Crippen molar-refractivity contribution >= 4 is 5.71 Å². The number of fused-ring (bicyclic) bond motifs is 1. The monoisotopic (exact) mass is 121 g/mol. The lowest BCUT2D eigenvalue weighted by atomic mass is 9.94. The minimum absolute atomic E-state index is 0.200. The van der Waals surface area contributed by atoms with Gasteiger partial charge in [0.15, 0.2) is 5.60 Å². The smallest absolute Gasteiger partial charge is 0.198 e. The molecular weight excluding hydrogens is 114 g/mol. The number of nitrogens with zero attached hydrogens (tertiary/aromatic N) is 1. The van der Waals surface area contributed by atoms with Gasteiger partial charge in [0.2, 0.25) is 0 Å². The van der Waals surface area contributed by atoms with Gasteiger partial charge in [-0.15, -0.1) is 0 Å². The number of allylic oxidation sites excluding steroid dienone is 2. The Morgan fingerprint density at radius 1 is 1.56 bits per heavy atom. The maximum atomic E-state index is 4.97. The van der Waals surface area contributed by atoms with Crippen LogP contribution >= 0.6 is 0 Å². The van der Waals surface area contributed by atoms with Crippen molar-refractivity contribution in [1.82, 2.24) is 0 Å². The summed E-state index contributed by atoms with van der Waals surface area (Å²) in [5.41, 5.74) is 0.819. The van der Waals surface area contributed by atoms with Gasteiger partial charge in [-0.2, -0.15) is 0 Å². The SMILES string of the molecule is CC12C=CC=CC1=NO2. The van der Waals surface area contributed by atoms with Crippen LogP contribution in [0.2, 0.25) is 0 Å². The largest absolute Gasteiger partial charge is 0.378 e. The van der Waals surface area contributed by atoms with Crippen LogP contribution in [0.3, 0.4) is 0 Å². The summed E-state index contributed by atoms with van der Waals surface area (Å²) in [6.07, 6.45) is 7.89. The van der Waals surface area contributed by atoms with Crippen LogP contribution in [-0.4, -0.2) is 11.3 Å². The zero-order valence-electron chi connectivity index (χ0n) is 5.16. The first kappa shape index (κ1) is 4.79. The van der Waals surface area contributed by atoms with Crippen molar-refractivity contribution in [2.45, 2.75) is 12.5 Å². The fourth-order valence-electron chi connectivity index (χ4n) is 0.940. The van der Waals surface area contributed by atoms with Crippen molar-refractivity contribution in [2.24, 2.45) is 5.16 Å². The molecule has 9 heavy (non-hydrogen) atoms. The van der Waals surface area contributed by atoms with Crippen LogP contribution in [0.25, 0.3) is 0 Å². The molecule has 0 fully saturated rings. The Balaban J connectivity index is 2.44. The summed E-state index contributed by atoms with van der Waals surface area (Å²) in [4.78, 5) is 4.97. The van der Waals surface area contributed by atoms with Gasteiger partial charge in [0.1, 0.15) is 5.71 Å². The molecule has 0 aromatic heterocycles. The van der Waals surface area contributed by atoms with E-state index in [2.05, 4.69) is 5.16 Å². The van der Waals surface area contributed by atoms with E-state index >= 15 is 0 Å². The van der Waals surface area contributed by atoms with E-state index < -0.39 is 0 Å². The lowest BCUT2D eigenvalue weighted by Crippen LogP contribution is -2.42. The molecule has 2 rings (SSSR count). The Kier molecular flexibility index (Phi) is 0.673. The zero-order chi connectivity index (χ0) is 6.32. The highest BCUT2D eigenvalue weighted by Gasteiger charge is 2.37. The first-order valence-electron chi connectivity index (χ1n) is 2.94. The molecule has 1 unspecified atom stereocenters. The van der Waals surface area contributed by atoms with Crippen molar-refractivity contribution in [3.8, 4) is 0 Å². The summed E-state index contributed by atoms with van der Waals surface area (Å²) in [5, 5.41) is 3.74. The van der Waals surface area contributed by atoms with Crippen LogP contribution in [0.1, 0.15) is 6.92 Å². The predicted octanol–water partition coefficient (Wildman–Crippen LogP) is 1.26. The van der Waals surface area contributed by atoms with Gasteiger partial charge in [0.05, 0.1) is 0 Å². The zero-order valence-corrected chi connectivity index (χ0v) is 5.16. The lowest BCUT2D eigenvalue weighted by Gasteiger charge is -2.32. The van der Waals surface area contributed by atoms with E-state index in [9.17, 15) is 0 Å². The van der Waals surface area contributed by atoms with Crippen LogP contribution in [0, 0.1) is 0 Å². The Labute approximate surface area is 53.5 Å². The molecule has 1 aliphatic carbocycles. The van der Waals surface area contributed by atoms with Crippen molar-refractivity contribution in [3.05, 3.63) is 24.3 Å². The average Bonchev–Trinajstić information content (AvgIpc) is 1.82. The Bertz CT molecular complexity index is 227. The highest BCUT2D eigenvalue weighted by molar-refractivity contribution is 6.06. The summed E-state index contributed by atoms with van der Waals surface area (Å²) in [6.45, 7) is 2.00. The van der Waals surface area contributed by atoms with Crippen molar-refractivity contribution in [1.29, 1.82) is 0 Å². The van der Waals surface area contributed by atoms with Crippen molar-refractivity contribution in [2.75, 3.05) is 0 Å². The second-order valence-electron chi connectivity index (χ2n) is 2.39. The minimum atomic E-state index is -0.200. The van der Waals surface area contributed by atoms with Gasteiger partial charge >= 0.3 is 0 Å². The van der Waals surface area contributed by atoms with Gasteiger partial charge in [-0.3, -0.25) is 0 Å². The van der Waals surface area contributed by atoms with Gasteiger partial charge in [0, 0.05) is 0 Å². The Morgan fingerprint density at radius 2 is 2.44 bits per heavy atom. The van der Waals surface area contributed by atoms with E-state index in [0.29, 0.717) is 0 Å². The molecule has 0 spiro atoms. The lowest BCUT2D eigenvalue weighted by molar-refractivity contribution is 0.0172. The fourth-order valence-corrected chi connectivity index (χ4v) is 0.940. The summed E-state index contributed by atoms with van der Waals surface area (Å²) in [7, 11) is 0. The molecule has 1 heterocycles. The Morgan fingerprint density at radius 3 is 2.78 bits per heavy atom. The van der Waals surface area contributed by atoms with Crippen molar-refractivity contribution < 1.29 is 4.84 Å². The quantitative estimate of drug-likeness (QED) is 0.472. The summed E-state index contributed by atoms with van der Waals surface area (Å²) in [5.74, 6) is 0. The van der Waals surface area contributed by atoms with E-state index in [4.69, 9.17) is 4.84 Å². The Hall–Kier alpha value is -1.05. The summed E-state index contributed by atoms with van der Waals surface area (Å²) < 4.78 is 0. The van der Waals surface area contributed by atoms with Gasteiger partial charge in [-0.05, 0) is 19.1 Å². The highest BCUT2D eigenvalue weighted by atomic mass is 16.7. The second-order valence-corrected chi connectivity index (χ2v) is 2.39. The highest BCUT2D eigenvalue weighted by Crippen LogP contribution is 2.27. The van der Waals surface area contributed by atoms with E-state index in [0.717, 1.165) is 5.71 Å². The van der Waals surface area contributed by atoms with Gasteiger partial charge in [-0.25, -0.2) is 0 Å². The molecule has 1 atom stereocenters. The molecule has 0 saturated carbocycles. The maximum absolute atomic E-state index is 4.97. The topological polar surface area (TPSA) is 21.6 Å². The molecule has 0 radical (unpaired) electrons. The third-order valence-electron chi connectivity index (χ3n) is 1.62. The number of oxime groups is 1. The third kappa shape index (κ3) is 0.474. The first-order chi connectivity index (χ1) is 4.31. The predicted molar refractivity (Wildman–Crippen MR) is 35.2 cm³/mol. The molecule has 0 bridgehead atoms. The molecule has 1 aliphatic heterocycles. The van der Waals surface area contributed by atoms with Gasteiger partial charge < -0.3 is 4.84 Å². The summed E-state index contributed by atoms with van der Waals surface area (Å²) in [6, 6.07) is 0. The van der Waals surface area contributed by atoms with E-state index in [1.54, 1.807) is 0 Å². The molecule has 0 amide bonds. The maximum Gasteiger partial charge on any atom is 0.198 e. The average molecular weight is 121 g/mol. The molecule has 46 valence electrons. The molecule has 2 aliphatic rings. The standard InChI is InChI=1S/C7H7NO/c1-7-5-3-2-4-6(7)8-9-7/h2-5H,1H3. The fraction of sp³-hybridized carbons (Fsp3) is 0.286. The number of hydrogen-bond acceptors (Lipinski definition) is 2. The van der Waals surface area contributed by atoms with Gasteiger partial charge in [-0.1, -0.05) is 17.3 Å². The van der Waals surface area contributed by atoms with Crippen LogP contribution in [-0.2, 0) is 4.84 Å². The van der Waals surface area contributed by atoms with Crippen molar-refractivity contribution in [3.63, 3.8) is 0 Å². The van der Waals surface area contributed by atoms with Crippen LogP contribution in [0.15, 0.2) is 29.5 Å². The number of hydrogen-bond donors (Lipinski definition) is 0. The molecule has 2 heteroatoms. The van der Waals surface area contributed by atoms with E-state index in [-0.39, 0.29) is 5.60 Å². The molecular formula is C7H7NO. The normalized spacial score (nSPS) is 36.3. The molecule has 0 saturated heterocycles. The van der Waals surface area contributed by atoms with Crippen LogP contribution in [0.5, 0.6) is 0 Å². The summed E-state index contributed by atoms with van der Waals surface area (Å²) >= 11 is 0. The molecule has 0 aromatic carbocycles. The van der Waals surface area contributed by atoms with E-state index in [1.165, 1.54) is 0 Å². The number of rotatable bonds is 0. The first-order valence-corrected chi connectivity index (χ1v) is 2.94. The molecule has 2 nitrogen and oxygen atoms in total. The minimum Gasteiger partial charge on any atom is -0.378 e.